The number of nitrogens with one attached hydrogen (secondary N) is 1. The van der Waals surface area contributed by atoms with Gasteiger partial charge in [-0.05, 0) is 49.4 Å². The average Bonchev–Trinajstić information content (AvgIpc) is 3.63. The number of methoxy groups -OCH3 is 1. The molecule has 4 rings (SSSR count). The van der Waals surface area contributed by atoms with Crippen molar-refractivity contribution in [2.45, 2.75) is 30.7 Å². The van der Waals surface area contributed by atoms with E-state index in [4.69, 9.17) is 9.47 Å². The maximum Gasteiger partial charge on any atom is 0.255 e. The SMILES string of the molecule is COc1ccc(S(=O)(=O)N2CCOCC2)cc1C(=O)NC(c1ccc(C)cc1)C1CC1. The smallest absolute Gasteiger partial charge is 0.255 e. The number of hydrogen-bond donors (Lipinski definition) is 1. The van der Waals surface area contributed by atoms with Crippen LogP contribution in [0.2, 0.25) is 0 Å². The van der Waals surface area contributed by atoms with Gasteiger partial charge in [-0.1, -0.05) is 29.8 Å². The molecule has 0 aromatic heterocycles. The number of ether oxygens (including phenoxy) is 2. The normalized spacial score (nSPS) is 18.4. The molecule has 0 spiro atoms. The summed E-state index contributed by atoms with van der Waals surface area (Å²) in [4.78, 5) is 13.3. The minimum atomic E-state index is -3.71. The highest BCUT2D eigenvalue weighted by molar-refractivity contribution is 7.89. The van der Waals surface area contributed by atoms with E-state index in [9.17, 15) is 13.2 Å². The third-order valence-corrected chi connectivity index (χ3v) is 7.73. The number of aryl methyl sites for hydroxylation is 1. The Labute approximate surface area is 183 Å². The van der Waals surface area contributed by atoms with Gasteiger partial charge in [0.2, 0.25) is 10.0 Å². The van der Waals surface area contributed by atoms with Gasteiger partial charge in [0.25, 0.3) is 5.91 Å². The van der Waals surface area contributed by atoms with Crippen LogP contribution in [0.4, 0.5) is 0 Å². The van der Waals surface area contributed by atoms with Crippen molar-refractivity contribution in [2.75, 3.05) is 33.4 Å². The summed E-state index contributed by atoms with van der Waals surface area (Å²) in [6, 6.07) is 12.5. The first-order valence-electron chi connectivity index (χ1n) is 10.5. The topological polar surface area (TPSA) is 84.9 Å². The molecule has 2 aromatic rings. The largest absolute Gasteiger partial charge is 0.496 e. The Hall–Kier alpha value is -2.42. The summed E-state index contributed by atoms with van der Waals surface area (Å²) in [5, 5.41) is 3.12. The quantitative estimate of drug-likeness (QED) is 0.710. The number of carbonyl (C=O) groups is 1. The van der Waals surface area contributed by atoms with E-state index in [1.165, 1.54) is 23.5 Å². The predicted molar refractivity (Wildman–Crippen MR) is 117 cm³/mol. The summed E-state index contributed by atoms with van der Waals surface area (Å²) in [7, 11) is -2.24. The fourth-order valence-electron chi connectivity index (χ4n) is 3.86. The van der Waals surface area contributed by atoms with Gasteiger partial charge in [-0.3, -0.25) is 4.79 Å². The van der Waals surface area contributed by atoms with Gasteiger partial charge in [0, 0.05) is 13.1 Å². The Morgan fingerprint density at radius 3 is 2.42 bits per heavy atom. The molecule has 1 N–H and O–H groups in total. The first kappa shape index (κ1) is 21.8. The minimum absolute atomic E-state index is 0.0821. The fraction of sp³-hybridized carbons (Fsp3) is 0.435. The first-order valence-corrected chi connectivity index (χ1v) is 12.0. The molecule has 0 bridgehead atoms. The van der Waals surface area contributed by atoms with Crippen LogP contribution in [0.25, 0.3) is 0 Å². The number of sulfonamides is 1. The monoisotopic (exact) mass is 444 g/mol. The molecule has 1 saturated carbocycles. The zero-order valence-corrected chi connectivity index (χ0v) is 18.7. The Morgan fingerprint density at radius 1 is 1.13 bits per heavy atom. The van der Waals surface area contributed by atoms with Crippen LogP contribution in [-0.2, 0) is 14.8 Å². The second kappa shape index (κ2) is 8.98. The molecule has 0 radical (unpaired) electrons. The molecule has 1 heterocycles. The van der Waals surface area contributed by atoms with E-state index in [-0.39, 0.29) is 22.4 Å². The van der Waals surface area contributed by atoms with Gasteiger partial charge in [-0.25, -0.2) is 8.42 Å². The van der Waals surface area contributed by atoms with E-state index in [0.717, 1.165) is 24.0 Å². The molecule has 1 aliphatic carbocycles. The summed E-state index contributed by atoms with van der Waals surface area (Å²) in [5.41, 5.74) is 2.43. The number of rotatable bonds is 7. The molecule has 1 amide bonds. The number of carbonyl (C=O) groups excluding carboxylic acids is 1. The molecular weight excluding hydrogens is 416 g/mol. The second-order valence-corrected chi connectivity index (χ2v) is 10.0. The second-order valence-electron chi connectivity index (χ2n) is 8.08. The number of amides is 1. The lowest BCUT2D eigenvalue weighted by molar-refractivity contribution is 0.0730. The Balaban J connectivity index is 1.62. The van der Waals surface area contributed by atoms with Crippen molar-refractivity contribution in [3.63, 3.8) is 0 Å². The highest BCUT2D eigenvalue weighted by atomic mass is 32.2. The van der Waals surface area contributed by atoms with Crippen LogP contribution in [0.1, 0.15) is 40.4 Å². The fourth-order valence-corrected chi connectivity index (χ4v) is 5.29. The van der Waals surface area contributed by atoms with E-state index in [1.54, 1.807) is 6.07 Å². The van der Waals surface area contributed by atoms with Crippen LogP contribution in [-0.4, -0.2) is 52.0 Å². The molecular formula is C23H28N2O5S. The Morgan fingerprint density at radius 2 is 1.81 bits per heavy atom. The van der Waals surface area contributed by atoms with Crippen LogP contribution in [0.15, 0.2) is 47.4 Å². The molecule has 2 aliphatic rings. The van der Waals surface area contributed by atoms with E-state index in [2.05, 4.69) is 5.32 Å². The molecule has 1 saturated heterocycles. The number of hydrogen-bond acceptors (Lipinski definition) is 5. The molecule has 166 valence electrons. The lowest BCUT2D eigenvalue weighted by Gasteiger charge is -2.26. The third-order valence-electron chi connectivity index (χ3n) is 5.84. The molecule has 1 unspecified atom stereocenters. The van der Waals surface area contributed by atoms with Crippen molar-refractivity contribution in [1.29, 1.82) is 0 Å². The lowest BCUT2D eigenvalue weighted by atomic mass is 10.0. The molecule has 1 atom stereocenters. The first-order chi connectivity index (χ1) is 14.9. The van der Waals surface area contributed by atoms with Gasteiger partial charge in [-0.2, -0.15) is 4.31 Å². The van der Waals surface area contributed by atoms with Gasteiger partial charge in [-0.15, -0.1) is 0 Å². The number of morpholine rings is 1. The van der Waals surface area contributed by atoms with Crippen molar-refractivity contribution in [3.8, 4) is 5.75 Å². The third kappa shape index (κ3) is 4.76. The highest BCUT2D eigenvalue weighted by Gasteiger charge is 2.34. The van der Waals surface area contributed by atoms with Gasteiger partial charge >= 0.3 is 0 Å². The number of nitrogens with zero attached hydrogens (tertiary/aromatic N) is 1. The van der Waals surface area contributed by atoms with E-state index < -0.39 is 10.0 Å². The summed E-state index contributed by atoms with van der Waals surface area (Å²) in [6.45, 7) is 3.35. The Bertz CT molecular complexity index is 1040. The minimum Gasteiger partial charge on any atom is -0.496 e. The highest BCUT2D eigenvalue weighted by Crippen LogP contribution is 2.41. The van der Waals surface area contributed by atoms with Crippen LogP contribution in [0.5, 0.6) is 5.75 Å². The van der Waals surface area contributed by atoms with Crippen LogP contribution in [0.3, 0.4) is 0 Å². The van der Waals surface area contributed by atoms with Crippen molar-refractivity contribution >= 4 is 15.9 Å². The van der Waals surface area contributed by atoms with Crippen molar-refractivity contribution in [1.82, 2.24) is 9.62 Å². The molecule has 31 heavy (non-hydrogen) atoms. The molecule has 1 aliphatic heterocycles. The van der Waals surface area contributed by atoms with E-state index >= 15 is 0 Å². The number of benzene rings is 2. The van der Waals surface area contributed by atoms with Gasteiger partial charge < -0.3 is 14.8 Å². The van der Waals surface area contributed by atoms with Gasteiger partial charge in [0.05, 0.1) is 36.8 Å². The van der Waals surface area contributed by atoms with Crippen LogP contribution in [0, 0.1) is 12.8 Å². The zero-order chi connectivity index (χ0) is 22.0. The average molecular weight is 445 g/mol. The van der Waals surface area contributed by atoms with Gasteiger partial charge in [0.1, 0.15) is 5.75 Å². The molecule has 7 nitrogen and oxygen atoms in total. The maximum absolute atomic E-state index is 13.2. The zero-order valence-electron chi connectivity index (χ0n) is 17.8. The summed E-state index contributed by atoms with van der Waals surface area (Å²) in [5.74, 6) is 0.392. The van der Waals surface area contributed by atoms with E-state index in [1.807, 2.05) is 31.2 Å². The molecule has 2 aromatic carbocycles. The van der Waals surface area contributed by atoms with Crippen LogP contribution < -0.4 is 10.1 Å². The standard InChI is InChI=1S/C23H28N2O5S/c1-16-3-5-17(6-4-16)22(18-7-8-18)24-23(26)20-15-19(9-10-21(20)29-2)31(27,28)25-11-13-30-14-12-25/h3-6,9-10,15,18,22H,7-8,11-14H2,1-2H3,(H,24,26). The van der Waals surface area contributed by atoms with E-state index in [0.29, 0.717) is 38.0 Å². The van der Waals surface area contributed by atoms with Gasteiger partial charge in [0.15, 0.2) is 0 Å². The summed E-state index contributed by atoms with van der Waals surface area (Å²) < 4.78 is 38.1. The van der Waals surface area contributed by atoms with Crippen molar-refractivity contribution < 1.29 is 22.7 Å². The van der Waals surface area contributed by atoms with Crippen molar-refractivity contribution in [3.05, 3.63) is 59.2 Å². The van der Waals surface area contributed by atoms with Crippen molar-refractivity contribution in [2.24, 2.45) is 5.92 Å². The Kier molecular flexibility index (Phi) is 6.31. The summed E-state index contributed by atoms with van der Waals surface area (Å²) >= 11 is 0. The lowest BCUT2D eigenvalue weighted by Crippen LogP contribution is -2.40. The molecule has 2 fully saturated rings. The molecule has 8 heteroatoms. The summed E-state index contributed by atoms with van der Waals surface area (Å²) in [6.07, 6.45) is 2.11. The van der Waals surface area contributed by atoms with Crippen LogP contribution >= 0.6 is 0 Å². The predicted octanol–water partition coefficient (Wildman–Crippen LogP) is 2.91. The maximum atomic E-state index is 13.2.